The highest BCUT2D eigenvalue weighted by Crippen LogP contribution is 2.33. The molecule has 0 amide bonds. The maximum absolute atomic E-state index is 13.0. The molecule has 0 bridgehead atoms. The van der Waals surface area contributed by atoms with Crippen LogP contribution in [0.25, 0.3) is 0 Å². The Morgan fingerprint density at radius 3 is 2.53 bits per heavy atom. The van der Waals surface area contributed by atoms with Crippen LogP contribution in [0.5, 0.6) is 5.88 Å². The molecule has 1 fully saturated rings. The van der Waals surface area contributed by atoms with E-state index in [9.17, 15) is 26.9 Å². The molecule has 2 aliphatic heterocycles. The smallest absolute Gasteiger partial charge is 0.416 e. The maximum atomic E-state index is 13.0. The highest BCUT2D eigenvalue weighted by Gasteiger charge is 2.32. The summed E-state index contributed by atoms with van der Waals surface area (Å²) in [4.78, 5) is 6.30. The lowest BCUT2D eigenvalue weighted by Gasteiger charge is -2.29. The Kier molecular flexibility index (Phi) is 6.85. The van der Waals surface area contributed by atoms with Crippen molar-refractivity contribution in [2.75, 3.05) is 26.0 Å². The second kappa shape index (κ2) is 9.52. The molecule has 4 rings (SSSR count). The van der Waals surface area contributed by atoms with Gasteiger partial charge in [-0.15, -0.1) is 0 Å². The highest BCUT2D eigenvalue weighted by atomic mass is 32.2. The third kappa shape index (κ3) is 5.68. The first-order valence-electron chi connectivity index (χ1n) is 10.9. The number of pyridine rings is 1. The molecule has 2 aliphatic rings. The van der Waals surface area contributed by atoms with E-state index in [1.807, 2.05) is 4.90 Å². The summed E-state index contributed by atoms with van der Waals surface area (Å²) in [5, 5.41) is 9.55. The number of nitrogens with zero attached hydrogens (tertiary/aromatic N) is 4. The number of halogens is 3. The average molecular weight is 495 g/mol. The van der Waals surface area contributed by atoms with Gasteiger partial charge in [-0.25, -0.2) is 17.7 Å². The quantitative estimate of drug-likeness (QED) is 0.611. The van der Waals surface area contributed by atoms with Crippen LogP contribution in [-0.4, -0.2) is 48.6 Å². The fourth-order valence-electron chi connectivity index (χ4n) is 4.39. The zero-order valence-electron chi connectivity index (χ0n) is 18.7. The van der Waals surface area contributed by atoms with Gasteiger partial charge in [0.05, 0.1) is 18.4 Å². The minimum absolute atomic E-state index is 0.177. The first kappa shape index (κ1) is 24.4. The van der Waals surface area contributed by atoms with Crippen LogP contribution in [0.1, 0.15) is 40.7 Å². The minimum Gasteiger partial charge on any atom is -0.476 e. The number of ether oxygens (including phenoxy) is 1. The van der Waals surface area contributed by atoms with E-state index < -0.39 is 21.8 Å². The summed E-state index contributed by atoms with van der Waals surface area (Å²) in [6, 6.07) is 7.62. The number of hydrogen-bond acceptors (Lipinski definition) is 6. The van der Waals surface area contributed by atoms with Crippen LogP contribution in [0, 0.1) is 17.2 Å². The lowest BCUT2D eigenvalue weighted by molar-refractivity contribution is -0.137. The molecular weight excluding hydrogens is 469 g/mol. The van der Waals surface area contributed by atoms with Gasteiger partial charge in [0, 0.05) is 38.9 Å². The average Bonchev–Trinajstić information content (AvgIpc) is 3.18. The topological polar surface area (TPSA) is 86.5 Å². The second-order valence-corrected chi connectivity index (χ2v) is 10.8. The van der Waals surface area contributed by atoms with Crippen molar-refractivity contribution in [3.05, 3.63) is 58.3 Å². The van der Waals surface area contributed by atoms with Gasteiger partial charge in [-0.3, -0.25) is 4.90 Å². The molecule has 182 valence electrons. The van der Waals surface area contributed by atoms with Gasteiger partial charge in [0.15, 0.2) is 0 Å². The van der Waals surface area contributed by atoms with Crippen molar-refractivity contribution in [2.24, 2.45) is 5.92 Å². The lowest BCUT2D eigenvalue weighted by atomic mass is 9.99. The van der Waals surface area contributed by atoms with Crippen LogP contribution in [0.2, 0.25) is 0 Å². The molecule has 7 nitrogen and oxygen atoms in total. The SMILES string of the molecule is CS(=O)(=O)N1CCC(COc2ncc(CN3Cc4ccc(C(F)(F)F)cc4C3)cc2C#N)CC1. The minimum atomic E-state index is -4.37. The molecular formula is C23H25F3N4O3S. The van der Waals surface area contributed by atoms with Gasteiger partial charge >= 0.3 is 6.18 Å². The zero-order valence-corrected chi connectivity index (χ0v) is 19.5. The third-order valence-corrected chi connectivity index (χ3v) is 7.56. The van der Waals surface area contributed by atoms with Crippen LogP contribution in [0.4, 0.5) is 13.2 Å². The predicted molar refractivity (Wildman–Crippen MR) is 118 cm³/mol. The van der Waals surface area contributed by atoms with Crippen molar-refractivity contribution in [1.29, 1.82) is 5.26 Å². The Morgan fingerprint density at radius 2 is 1.88 bits per heavy atom. The Balaban J connectivity index is 1.34. The van der Waals surface area contributed by atoms with Crippen LogP contribution >= 0.6 is 0 Å². The largest absolute Gasteiger partial charge is 0.476 e. The molecule has 0 unspecified atom stereocenters. The van der Waals surface area contributed by atoms with E-state index in [4.69, 9.17) is 4.74 Å². The van der Waals surface area contributed by atoms with Crippen molar-refractivity contribution in [1.82, 2.24) is 14.2 Å². The zero-order chi connectivity index (χ0) is 24.5. The van der Waals surface area contributed by atoms with E-state index in [2.05, 4.69) is 11.1 Å². The van der Waals surface area contributed by atoms with Crippen molar-refractivity contribution >= 4 is 10.0 Å². The van der Waals surface area contributed by atoms with E-state index in [0.717, 1.165) is 17.2 Å². The van der Waals surface area contributed by atoms with Crippen molar-refractivity contribution < 1.29 is 26.3 Å². The molecule has 34 heavy (non-hydrogen) atoms. The molecule has 0 radical (unpaired) electrons. The molecule has 1 aromatic heterocycles. The number of sulfonamides is 1. The lowest BCUT2D eigenvalue weighted by Crippen LogP contribution is -2.39. The highest BCUT2D eigenvalue weighted by molar-refractivity contribution is 7.88. The number of alkyl halides is 3. The van der Waals surface area contributed by atoms with Gasteiger partial charge in [0.1, 0.15) is 11.6 Å². The van der Waals surface area contributed by atoms with Gasteiger partial charge in [-0.2, -0.15) is 18.4 Å². The van der Waals surface area contributed by atoms with E-state index in [1.165, 1.54) is 22.7 Å². The van der Waals surface area contributed by atoms with Crippen molar-refractivity contribution in [3.8, 4) is 11.9 Å². The molecule has 1 saturated heterocycles. The van der Waals surface area contributed by atoms with Crippen LogP contribution in [0.3, 0.4) is 0 Å². The molecule has 0 N–H and O–H groups in total. The van der Waals surface area contributed by atoms with Crippen LogP contribution in [-0.2, 0) is 35.8 Å². The molecule has 0 atom stereocenters. The second-order valence-electron chi connectivity index (χ2n) is 8.85. The fourth-order valence-corrected chi connectivity index (χ4v) is 5.27. The summed E-state index contributed by atoms with van der Waals surface area (Å²) < 4.78 is 69.4. The first-order valence-corrected chi connectivity index (χ1v) is 12.8. The number of aromatic nitrogens is 1. The summed E-state index contributed by atoms with van der Waals surface area (Å²) in [6.07, 6.45) is -0.187. The normalized spacial score (nSPS) is 18.0. The van der Waals surface area contributed by atoms with Crippen molar-refractivity contribution in [2.45, 2.75) is 38.7 Å². The van der Waals surface area contributed by atoms with E-state index >= 15 is 0 Å². The van der Waals surface area contributed by atoms with Gasteiger partial charge < -0.3 is 4.74 Å². The molecule has 11 heteroatoms. The molecule has 3 heterocycles. The van der Waals surface area contributed by atoms with E-state index in [1.54, 1.807) is 12.3 Å². The van der Waals surface area contributed by atoms with Crippen LogP contribution in [0.15, 0.2) is 30.5 Å². The molecule has 0 aliphatic carbocycles. The summed E-state index contributed by atoms with van der Waals surface area (Å²) in [7, 11) is -3.18. The number of hydrogen-bond donors (Lipinski definition) is 0. The van der Waals surface area contributed by atoms with Gasteiger partial charge in [0.25, 0.3) is 0 Å². The summed E-state index contributed by atoms with van der Waals surface area (Å²) >= 11 is 0. The Morgan fingerprint density at radius 1 is 1.18 bits per heavy atom. The number of piperidine rings is 1. The monoisotopic (exact) mass is 494 g/mol. The van der Waals surface area contributed by atoms with Crippen molar-refractivity contribution in [3.63, 3.8) is 0 Å². The third-order valence-electron chi connectivity index (χ3n) is 6.25. The first-order chi connectivity index (χ1) is 16.0. The number of benzene rings is 1. The Labute approximate surface area is 196 Å². The Bertz CT molecular complexity index is 1200. The van der Waals surface area contributed by atoms with E-state index in [0.29, 0.717) is 63.3 Å². The molecule has 0 spiro atoms. The maximum Gasteiger partial charge on any atom is 0.416 e. The number of rotatable bonds is 6. The Hall–Kier alpha value is -2.68. The summed E-state index contributed by atoms with van der Waals surface area (Å²) in [6.45, 7) is 2.62. The fraction of sp³-hybridized carbons (Fsp3) is 0.478. The summed E-state index contributed by atoms with van der Waals surface area (Å²) in [5.41, 5.74) is 1.94. The molecule has 2 aromatic rings. The van der Waals surface area contributed by atoms with Gasteiger partial charge in [0.2, 0.25) is 15.9 Å². The molecule has 1 aromatic carbocycles. The standard InChI is InChI=1S/C23H25F3N4O3S/c1-34(31,32)30-6-4-16(5-7-30)15-33-22-19(10-27)8-17(11-28-22)12-29-13-18-2-3-21(23(24,25)26)9-20(18)14-29/h2-3,8-9,11,16H,4-7,12-15H2,1H3. The summed E-state index contributed by atoms with van der Waals surface area (Å²) in [5.74, 6) is 0.409. The van der Waals surface area contributed by atoms with Gasteiger partial charge in [-0.1, -0.05) is 6.07 Å². The number of fused-ring (bicyclic) bond motifs is 1. The number of nitriles is 1. The molecule has 0 saturated carbocycles. The predicted octanol–water partition coefficient (Wildman–Crippen LogP) is 3.54. The van der Waals surface area contributed by atoms with Crippen LogP contribution < -0.4 is 4.74 Å². The van der Waals surface area contributed by atoms with Gasteiger partial charge in [-0.05, 0) is 53.6 Å². The van der Waals surface area contributed by atoms with E-state index in [-0.39, 0.29) is 11.8 Å².